The molecule has 0 amide bonds. The van der Waals surface area contributed by atoms with Crippen molar-refractivity contribution in [1.29, 1.82) is 0 Å². The van der Waals surface area contributed by atoms with Crippen LogP contribution in [0.5, 0.6) is 0 Å². The summed E-state index contributed by atoms with van der Waals surface area (Å²) in [5.41, 5.74) is 2.63. The predicted octanol–water partition coefficient (Wildman–Crippen LogP) is 3.50. The molecule has 0 aliphatic carbocycles. The lowest BCUT2D eigenvalue weighted by Gasteiger charge is -2.17. The molecule has 0 aliphatic rings. The summed E-state index contributed by atoms with van der Waals surface area (Å²) in [6.07, 6.45) is 0. The van der Waals surface area contributed by atoms with Gasteiger partial charge in [0.05, 0.1) is 0 Å². The topological polar surface area (TPSA) is 9.23 Å². The van der Waals surface area contributed by atoms with Crippen molar-refractivity contribution >= 4 is 9.76 Å². The lowest BCUT2D eigenvalue weighted by Crippen LogP contribution is -2.10. The van der Waals surface area contributed by atoms with E-state index in [0.717, 1.165) is 6.61 Å². The molecule has 2 heteroatoms. The Balaban J connectivity index is 2.26. The minimum Gasteiger partial charge on any atom is -0.417 e. The van der Waals surface area contributed by atoms with Crippen LogP contribution in [0.1, 0.15) is 17.0 Å². The summed E-state index contributed by atoms with van der Waals surface area (Å²) in [5, 5.41) is 0. The fourth-order valence-corrected chi connectivity index (χ4v) is 2.26. The Morgan fingerprint density at radius 2 is 1.35 bits per heavy atom. The van der Waals surface area contributed by atoms with Gasteiger partial charge in [-0.2, -0.15) is 0 Å². The molecule has 0 bridgehead atoms. The number of rotatable bonds is 5. The molecule has 0 N–H and O–H groups in total. The van der Waals surface area contributed by atoms with Crippen LogP contribution in [0.15, 0.2) is 60.7 Å². The monoisotopic (exact) mass is 240 g/mol. The van der Waals surface area contributed by atoms with Gasteiger partial charge in [-0.1, -0.05) is 60.7 Å². The van der Waals surface area contributed by atoms with E-state index >= 15 is 0 Å². The maximum absolute atomic E-state index is 5.63. The summed E-state index contributed by atoms with van der Waals surface area (Å²) in [7, 11) is 0.540. The summed E-state index contributed by atoms with van der Waals surface area (Å²) in [6, 6.07) is 21.1. The van der Waals surface area contributed by atoms with Crippen molar-refractivity contribution in [3.05, 3.63) is 71.8 Å². The lowest BCUT2D eigenvalue weighted by atomic mass is 9.92. The van der Waals surface area contributed by atoms with Crippen LogP contribution in [0.3, 0.4) is 0 Å². The quantitative estimate of drug-likeness (QED) is 0.727. The van der Waals surface area contributed by atoms with E-state index in [1.54, 1.807) is 0 Å². The standard InChI is InChI=1S/C15H16OSi/c1-17-16-12-15(13-8-4-2-5-9-13)14-10-6-3-7-11-14/h2-11,15H,12H2,1H3. The molecule has 0 fully saturated rings. The van der Waals surface area contributed by atoms with Gasteiger partial charge in [0.1, 0.15) is 0 Å². The zero-order chi connectivity index (χ0) is 11.9. The second kappa shape index (κ2) is 6.38. The van der Waals surface area contributed by atoms with Crippen molar-refractivity contribution in [1.82, 2.24) is 0 Å². The van der Waals surface area contributed by atoms with Crippen molar-refractivity contribution < 1.29 is 4.43 Å². The molecule has 2 radical (unpaired) electrons. The highest BCUT2D eigenvalue weighted by Gasteiger charge is 2.13. The van der Waals surface area contributed by atoms with Gasteiger partial charge >= 0.3 is 0 Å². The molecule has 1 nitrogen and oxygen atoms in total. The lowest BCUT2D eigenvalue weighted by molar-refractivity contribution is 0.322. The molecule has 0 heterocycles. The number of hydrogen-bond donors (Lipinski definition) is 0. The van der Waals surface area contributed by atoms with E-state index in [1.807, 2.05) is 12.1 Å². The van der Waals surface area contributed by atoms with E-state index < -0.39 is 0 Å². The van der Waals surface area contributed by atoms with Gasteiger partial charge in [0, 0.05) is 12.5 Å². The van der Waals surface area contributed by atoms with Crippen molar-refractivity contribution in [2.45, 2.75) is 12.5 Å². The highest BCUT2D eigenvalue weighted by atomic mass is 28.2. The summed E-state index contributed by atoms with van der Waals surface area (Å²) in [6.45, 7) is 2.82. The minimum absolute atomic E-state index is 0.338. The van der Waals surface area contributed by atoms with Gasteiger partial charge in [0.25, 0.3) is 0 Å². The average molecular weight is 240 g/mol. The van der Waals surface area contributed by atoms with Crippen molar-refractivity contribution in [3.8, 4) is 0 Å². The molecule has 2 rings (SSSR count). The fraction of sp³-hybridized carbons (Fsp3) is 0.200. The van der Waals surface area contributed by atoms with E-state index in [1.165, 1.54) is 11.1 Å². The smallest absolute Gasteiger partial charge is 0.226 e. The second-order valence-corrected chi connectivity index (χ2v) is 4.59. The third kappa shape index (κ3) is 3.28. The summed E-state index contributed by atoms with van der Waals surface area (Å²) in [5.74, 6) is 0.338. The van der Waals surface area contributed by atoms with Crippen LogP contribution in [0.25, 0.3) is 0 Å². The molecule has 0 atom stereocenters. The molecule has 0 spiro atoms. The first-order valence-electron chi connectivity index (χ1n) is 5.80. The molecule has 0 aliphatic heterocycles. The van der Waals surface area contributed by atoms with Gasteiger partial charge in [0.15, 0.2) is 0 Å². The Kier molecular flexibility index (Phi) is 4.53. The first-order valence-corrected chi connectivity index (χ1v) is 7.21. The van der Waals surface area contributed by atoms with Crippen molar-refractivity contribution in [3.63, 3.8) is 0 Å². The zero-order valence-electron chi connectivity index (χ0n) is 9.97. The number of hydrogen-bond acceptors (Lipinski definition) is 1. The summed E-state index contributed by atoms with van der Waals surface area (Å²) < 4.78 is 5.63. The molecule has 2 aromatic rings. The third-order valence-corrected chi connectivity index (χ3v) is 3.25. The molecular formula is C15H16OSi. The Morgan fingerprint density at radius 3 is 1.76 bits per heavy atom. The Bertz CT molecular complexity index is 388. The highest BCUT2D eigenvalue weighted by molar-refractivity contribution is 6.24. The van der Waals surface area contributed by atoms with E-state index in [4.69, 9.17) is 4.43 Å². The van der Waals surface area contributed by atoms with Crippen LogP contribution in [0.2, 0.25) is 6.55 Å². The Labute approximate surface area is 105 Å². The first kappa shape index (κ1) is 12.1. The van der Waals surface area contributed by atoms with Gasteiger partial charge in [0.2, 0.25) is 9.76 Å². The Morgan fingerprint density at radius 1 is 0.882 bits per heavy atom. The van der Waals surface area contributed by atoms with Crippen LogP contribution in [0.4, 0.5) is 0 Å². The maximum atomic E-state index is 5.63. The van der Waals surface area contributed by atoms with Crippen molar-refractivity contribution in [2.75, 3.05) is 6.61 Å². The van der Waals surface area contributed by atoms with Gasteiger partial charge in [-0.15, -0.1) is 0 Å². The van der Waals surface area contributed by atoms with Crippen molar-refractivity contribution in [2.24, 2.45) is 0 Å². The van der Waals surface area contributed by atoms with E-state index in [9.17, 15) is 0 Å². The SMILES string of the molecule is C[Si]OCC(c1ccccc1)c1ccccc1. The normalized spacial score (nSPS) is 10.7. The number of benzene rings is 2. The van der Waals surface area contributed by atoms with Crippen LogP contribution in [-0.2, 0) is 4.43 Å². The predicted molar refractivity (Wildman–Crippen MR) is 72.3 cm³/mol. The fourth-order valence-electron chi connectivity index (χ4n) is 1.92. The molecule has 17 heavy (non-hydrogen) atoms. The Hall–Kier alpha value is -1.38. The highest BCUT2D eigenvalue weighted by Crippen LogP contribution is 2.24. The van der Waals surface area contributed by atoms with Crippen LogP contribution in [-0.4, -0.2) is 16.4 Å². The molecule has 2 aromatic carbocycles. The molecule has 0 unspecified atom stereocenters. The molecule has 0 saturated carbocycles. The van der Waals surface area contributed by atoms with E-state index in [-0.39, 0.29) is 0 Å². The molecule has 86 valence electrons. The second-order valence-electron chi connectivity index (χ2n) is 3.89. The van der Waals surface area contributed by atoms with Crippen LogP contribution in [0, 0.1) is 0 Å². The van der Waals surface area contributed by atoms with E-state index in [2.05, 4.69) is 55.1 Å². The molecule has 0 aromatic heterocycles. The van der Waals surface area contributed by atoms with Gasteiger partial charge in [-0.25, -0.2) is 0 Å². The third-order valence-electron chi connectivity index (χ3n) is 2.80. The molecule has 0 saturated heterocycles. The van der Waals surface area contributed by atoms with E-state index in [0.29, 0.717) is 15.7 Å². The molecular weight excluding hydrogens is 224 g/mol. The summed E-state index contributed by atoms with van der Waals surface area (Å²) in [4.78, 5) is 0. The summed E-state index contributed by atoms with van der Waals surface area (Å²) >= 11 is 0. The maximum Gasteiger partial charge on any atom is 0.226 e. The van der Waals surface area contributed by atoms with Gasteiger partial charge < -0.3 is 4.43 Å². The largest absolute Gasteiger partial charge is 0.417 e. The first-order chi connectivity index (χ1) is 8.42. The van der Waals surface area contributed by atoms with Crippen LogP contribution >= 0.6 is 0 Å². The minimum atomic E-state index is 0.338. The average Bonchev–Trinajstić information content (AvgIpc) is 2.42. The van der Waals surface area contributed by atoms with Gasteiger partial charge in [-0.05, 0) is 17.7 Å². The van der Waals surface area contributed by atoms with Crippen LogP contribution < -0.4 is 0 Å². The van der Waals surface area contributed by atoms with Gasteiger partial charge in [-0.3, -0.25) is 0 Å². The zero-order valence-corrected chi connectivity index (χ0v) is 11.0.